The Morgan fingerprint density at radius 1 is 0.900 bits per heavy atom. The van der Waals surface area contributed by atoms with Gasteiger partial charge in [0.05, 0.1) is 12.3 Å². The van der Waals surface area contributed by atoms with Crippen LogP contribution in [0.15, 0.2) is 54.6 Å². The van der Waals surface area contributed by atoms with Gasteiger partial charge in [0.15, 0.2) is 0 Å². The summed E-state index contributed by atoms with van der Waals surface area (Å²) in [7, 11) is -3.42. The number of carbonyl (C=O) groups is 2. The number of piperazine rings is 1. The Morgan fingerprint density at radius 3 is 2.17 bits per heavy atom. The zero-order chi connectivity index (χ0) is 21.1. The largest absolute Gasteiger partial charge is 0.447 e. The first-order valence-corrected chi connectivity index (χ1v) is 11.4. The molecule has 0 bridgehead atoms. The van der Waals surface area contributed by atoms with Gasteiger partial charge in [0, 0.05) is 37.4 Å². The molecular formula is C21H23N3O5S. The molecule has 0 unspecified atom stereocenters. The Bertz CT molecular complexity index is 1020. The normalized spacial score (nSPS) is 17.8. The van der Waals surface area contributed by atoms with E-state index >= 15 is 0 Å². The molecule has 158 valence electrons. The second-order valence-electron chi connectivity index (χ2n) is 7.25. The van der Waals surface area contributed by atoms with Crippen LogP contribution in [0.25, 0.3) is 0 Å². The second kappa shape index (κ2) is 8.45. The Kier molecular flexibility index (Phi) is 5.74. The highest BCUT2D eigenvalue weighted by molar-refractivity contribution is 7.88. The maximum atomic E-state index is 12.8. The fourth-order valence-corrected chi connectivity index (χ4v) is 5.16. The molecule has 2 aliphatic rings. The van der Waals surface area contributed by atoms with E-state index in [9.17, 15) is 18.0 Å². The highest BCUT2D eigenvalue weighted by atomic mass is 32.2. The van der Waals surface area contributed by atoms with Gasteiger partial charge in [-0.2, -0.15) is 4.31 Å². The highest BCUT2D eigenvalue weighted by Crippen LogP contribution is 2.21. The number of amides is 2. The van der Waals surface area contributed by atoms with Gasteiger partial charge in [0.2, 0.25) is 10.0 Å². The molecule has 8 nitrogen and oxygen atoms in total. The molecule has 2 aromatic rings. The van der Waals surface area contributed by atoms with Gasteiger partial charge in [-0.25, -0.2) is 13.2 Å². The molecule has 0 spiro atoms. The van der Waals surface area contributed by atoms with Crippen LogP contribution in [0.5, 0.6) is 0 Å². The van der Waals surface area contributed by atoms with Gasteiger partial charge in [-0.05, 0) is 29.8 Å². The maximum absolute atomic E-state index is 12.8. The summed E-state index contributed by atoms with van der Waals surface area (Å²) in [5, 5.41) is 0. The Hall–Kier alpha value is -2.91. The molecule has 4 rings (SSSR count). The van der Waals surface area contributed by atoms with Gasteiger partial charge < -0.3 is 9.64 Å². The van der Waals surface area contributed by atoms with E-state index in [-0.39, 0.29) is 30.8 Å². The molecule has 2 amide bonds. The maximum Gasteiger partial charge on any atom is 0.414 e. The predicted molar refractivity (Wildman–Crippen MR) is 112 cm³/mol. The van der Waals surface area contributed by atoms with Gasteiger partial charge >= 0.3 is 6.09 Å². The van der Waals surface area contributed by atoms with E-state index in [4.69, 9.17) is 4.74 Å². The number of anilines is 1. The summed E-state index contributed by atoms with van der Waals surface area (Å²) in [6.07, 6.45) is -0.387. The standard InChI is InChI=1S/C21H23N3O5S/c25-20(18-6-8-19(9-7-18)24-14-15-29-21(24)26)22-10-12-23(13-11-22)30(27,28)16-17-4-2-1-3-5-17/h1-9H,10-16H2. The summed E-state index contributed by atoms with van der Waals surface area (Å²) in [5.74, 6) is -0.187. The lowest BCUT2D eigenvalue weighted by molar-refractivity contribution is 0.0698. The van der Waals surface area contributed by atoms with Crippen LogP contribution in [0.2, 0.25) is 0 Å². The van der Waals surface area contributed by atoms with Crippen LogP contribution in [-0.2, 0) is 20.5 Å². The lowest BCUT2D eigenvalue weighted by Crippen LogP contribution is -2.50. The lowest BCUT2D eigenvalue weighted by Gasteiger charge is -2.34. The van der Waals surface area contributed by atoms with Crippen molar-refractivity contribution in [3.8, 4) is 0 Å². The minimum Gasteiger partial charge on any atom is -0.447 e. The molecule has 0 N–H and O–H groups in total. The van der Waals surface area contributed by atoms with Crippen molar-refractivity contribution in [2.45, 2.75) is 5.75 Å². The van der Waals surface area contributed by atoms with Crippen molar-refractivity contribution in [3.63, 3.8) is 0 Å². The molecule has 2 aliphatic heterocycles. The molecule has 0 aliphatic carbocycles. The predicted octanol–water partition coefficient (Wildman–Crippen LogP) is 1.93. The molecule has 0 saturated carbocycles. The average molecular weight is 429 g/mol. The summed E-state index contributed by atoms with van der Waals surface area (Å²) in [4.78, 5) is 27.6. The monoisotopic (exact) mass is 429 g/mol. The number of sulfonamides is 1. The van der Waals surface area contributed by atoms with E-state index < -0.39 is 10.0 Å². The van der Waals surface area contributed by atoms with Gasteiger partial charge in [-0.3, -0.25) is 9.69 Å². The molecule has 9 heteroatoms. The Morgan fingerprint density at radius 2 is 1.57 bits per heavy atom. The van der Waals surface area contributed by atoms with Crippen molar-refractivity contribution >= 4 is 27.7 Å². The van der Waals surface area contributed by atoms with Gasteiger partial charge in [0.25, 0.3) is 5.91 Å². The van der Waals surface area contributed by atoms with Gasteiger partial charge in [-0.1, -0.05) is 30.3 Å². The summed E-state index contributed by atoms with van der Waals surface area (Å²) >= 11 is 0. The van der Waals surface area contributed by atoms with Gasteiger partial charge in [-0.15, -0.1) is 0 Å². The van der Waals surface area contributed by atoms with E-state index in [1.807, 2.05) is 18.2 Å². The number of benzene rings is 2. The van der Waals surface area contributed by atoms with Crippen LogP contribution in [0.1, 0.15) is 15.9 Å². The van der Waals surface area contributed by atoms with Crippen molar-refractivity contribution < 1.29 is 22.7 Å². The van der Waals surface area contributed by atoms with Crippen LogP contribution in [-0.4, -0.2) is 69.0 Å². The fraction of sp³-hybridized carbons (Fsp3) is 0.333. The van der Waals surface area contributed by atoms with E-state index in [1.54, 1.807) is 41.3 Å². The van der Waals surface area contributed by atoms with Crippen LogP contribution in [0.3, 0.4) is 0 Å². The first-order chi connectivity index (χ1) is 14.4. The third-order valence-electron chi connectivity index (χ3n) is 5.30. The quantitative estimate of drug-likeness (QED) is 0.725. The van der Waals surface area contributed by atoms with E-state index in [0.29, 0.717) is 37.5 Å². The number of carbonyl (C=O) groups excluding carboxylic acids is 2. The SMILES string of the molecule is O=C(c1ccc(N2CCOC2=O)cc1)N1CCN(S(=O)(=O)Cc2ccccc2)CC1. The molecule has 2 heterocycles. The Balaban J connectivity index is 1.35. The zero-order valence-electron chi connectivity index (χ0n) is 16.4. The van der Waals surface area contributed by atoms with Crippen molar-refractivity contribution in [1.29, 1.82) is 0 Å². The van der Waals surface area contributed by atoms with Crippen molar-refractivity contribution in [1.82, 2.24) is 9.21 Å². The minimum absolute atomic E-state index is 0.0395. The van der Waals surface area contributed by atoms with Crippen LogP contribution < -0.4 is 4.90 Å². The van der Waals surface area contributed by atoms with E-state index in [2.05, 4.69) is 0 Å². The number of nitrogens with zero attached hydrogens (tertiary/aromatic N) is 3. The summed E-state index contributed by atoms with van der Waals surface area (Å²) < 4.78 is 31.7. The van der Waals surface area contributed by atoms with E-state index in [1.165, 1.54) is 9.21 Å². The third-order valence-corrected chi connectivity index (χ3v) is 7.15. The topological polar surface area (TPSA) is 87.2 Å². The van der Waals surface area contributed by atoms with Crippen LogP contribution in [0, 0.1) is 0 Å². The Labute approximate surface area is 175 Å². The summed E-state index contributed by atoms with van der Waals surface area (Å²) in [6.45, 7) is 2.08. The zero-order valence-corrected chi connectivity index (χ0v) is 17.3. The molecule has 2 saturated heterocycles. The molecule has 0 atom stereocenters. The molecule has 0 aromatic heterocycles. The van der Waals surface area contributed by atoms with Crippen LogP contribution in [0.4, 0.5) is 10.5 Å². The fourth-order valence-electron chi connectivity index (χ4n) is 3.64. The first kappa shape index (κ1) is 20.4. The smallest absolute Gasteiger partial charge is 0.414 e. The molecule has 30 heavy (non-hydrogen) atoms. The lowest BCUT2D eigenvalue weighted by atomic mass is 10.1. The number of ether oxygens (including phenoxy) is 1. The number of rotatable bonds is 5. The van der Waals surface area contributed by atoms with E-state index in [0.717, 1.165) is 5.56 Å². The number of cyclic esters (lactones) is 1. The van der Waals surface area contributed by atoms with Gasteiger partial charge in [0.1, 0.15) is 6.61 Å². The van der Waals surface area contributed by atoms with Crippen molar-refractivity contribution in [3.05, 3.63) is 65.7 Å². The number of hydrogen-bond acceptors (Lipinski definition) is 5. The minimum atomic E-state index is -3.42. The van der Waals surface area contributed by atoms with Crippen LogP contribution >= 0.6 is 0 Å². The number of hydrogen-bond donors (Lipinski definition) is 0. The summed E-state index contributed by atoms with van der Waals surface area (Å²) in [5.41, 5.74) is 1.94. The molecule has 2 aromatic carbocycles. The molecule has 2 fully saturated rings. The third kappa shape index (κ3) is 4.31. The van der Waals surface area contributed by atoms with Crippen molar-refractivity contribution in [2.24, 2.45) is 0 Å². The molecule has 0 radical (unpaired) electrons. The molecular weight excluding hydrogens is 406 g/mol. The average Bonchev–Trinajstić information content (AvgIpc) is 3.20. The highest BCUT2D eigenvalue weighted by Gasteiger charge is 2.29. The summed E-state index contributed by atoms with van der Waals surface area (Å²) in [6, 6.07) is 15.9. The second-order valence-corrected chi connectivity index (χ2v) is 9.21. The first-order valence-electron chi connectivity index (χ1n) is 9.79. The van der Waals surface area contributed by atoms with Crippen molar-refractivity contribution in [2.75, 3.05) is 44.2 Å².